The molecule has 0 bridgehead atoms. The predicted molar refractivity (Wildman–Crippen MR) is 53.1 cm³/mol. The molecule has 0 unspecified atom stereocenters. The number of aliphatic hydroxyl groups is 1. The summed E-state index contributed by atoms with van der Waals surface area (Å²) >= 11 is 1.52. The lowest BCUT2D eigenvalue weighted by Crippen LogP contribution is -2.25. The van der Waals surface area contributed by atoms with Crippen LogP contribution in [0.4, 0.5) is 0 Å². The number of carbonyl (C=O) groups is 1. The number of hydrogen-bond acceptors (Lipinski definition) is 3. The SMILES string of the molecule is Cc1cscc1C(=O)NCCCO. The van der Waals surface area contributed by atoms with Crippen LogP contribution < -0.4 is 5.32 Å². The normalized spacial score (nSPS) is 10.0. The molecule has 0 saturated carbocycles. The minimum Gasteiger partial charge on any atom is -0.396 e. The molecule has 0 atom stereocenters. The van der Waals surface area contributed by atoms with Gasteiger partial charge in [0, 0.05) is 18.5 Å². The summed E-state index contributed by atoms with van der Waals surface area (Å²) < 4.78 is 0. The van der Waals surface area contributed by atoms with Crippen LogP contribution in [0.25, 0.3) is 0 Å². The first-order valence-corrected chi connectivity index (χ1v) is 5.12. The van der Waals surface area contributed by atoms with Gasteiger partial charge in [-0.3, -0.25) is 4.79 Å². The molecule has 0 aliphatic rings. The Kier molecular flexibility index (Phi) is 3.92. The number of carbonyl (C=O) groups excluding carboxylic acids is 1. The van der Waals surface area contributed by atoms with Gasteiger partial charge < -0.3 is 10.4 Å². The summed E-state index contributed by atoms with van der Waals surface area (Å²) in [7, 11) is 0. The van der Waals surface area contributed by atoms with Gasteiger partial charge in [-0.1, -0.05) is 0 Å². The van der Waals surface area contributed by atoms with Gasteiger partial charge >= 0.3 is 0 Å². The highest BCUT2D eigenvalue weighted by atomic mass is 32.1. The number of aryl methyl sites for hydroxylation is 1. The van der Waals surface area contributed by atoms with E-state index in [1.165, 1.54) is 11.3 Å². The molecular weight excluding hydrogens is 186 g/mol. The van der Waals surface area contributed by atoms with Crippen molar-refractivity contribution in [3.8, 4) is 0 Å². The molecule has 3 nitrogen and oxygen atoms in total. The standard InChI is InChI=1S/C9H13NO2S/c1-7-5-13-6-8(7)9(12)10-3-2-4-11/h5-6,11H,2-4H2,1H3,(H,10,12). The summed E-state index contributed by atoms with van der Waals surface area (Å²) in [6, 6.07) is 0. The van der Waals surface area contributed by atoms with Crippen LogP contribution in [0.15, 0.2) is 10.8 Å². The smallest absolute Gasteiger partial charge is 0.252 e. The van der Waals surface area contributed by atoms with Gasteiger partial charge in [0.2, 0.25) is 0 Å². The molecule has 2 N–H and O–H groups in total. The molecule has 0 spiro atoms. The zero-order valence-corrected chi connectivity index (χ0v) is 8.36. The lowest BCUT2D eigenvalue weighted by atomic mass is 10.2. The van der Waals surface area contributed by atoms with Crippen molar-refractivity contribution in [2.24, 2.45) is 0 Å². The summed E-state index contributed by atoms with van der Waals surface area (Å²) in [5.74, 6) is -0.0489. The van der Waals surface area contributed by atoms with E-state index in [1.54, 1.807) is 0 Å². The first-order valence-electron chi connectivity index (χ1n) is 4.17. The fourth-order valence-corrected chi connectivity index (χ4v) is 1.80. The highest BCUT2D eigenvalue weighted by molar-refractivity contribution is 7.08. The molecular formula is C9H13NO2S. The lowest BCUT2D eigenvalue weighted by Gasteiger charge is -2.02. The van der Waals surface area contributed by atoms with Gasteiger partial charge in [-0.15, -0.1) is 0 Å². The minimum atomic E-state index is -0.0489. The molecule has 0 saturated heterocycles. The van der Waals surface area contributed by atoms with E-state index in [1.807, 2.05) is 17.7 Å². The maximum absolute atomic E-state index is 11.4. The average Bonchev–Trinajstić information content (AvgIpc) is 2.52. The Balaban J connectivity index is 2.45. The summed E-state index contributed by atoms with van der Waals surface area (Å²) in [5, 5.41) is 15.0. The van der Waals surface area contributed by atoms with Gasteiger partial charge in [0.1, 0.15) is 0 Å². The second kappa shape index (κ2) is 4.99. The second-order valence-electron chi connectivity index (χ2n) is 2.80. The molecule has 4 heteroatoms. The molecule has 1 aromatic rings. The third-order valence-electron chi connectivity index (χ3n) is 1.72. The van der Waals surface area contributed by atoms with Crippen molar-refractivity contribution in [3.05, 3.63) is 21.9 Å². The first-order chi connectivity index (χ1) is 6.25. The molecule has 1 amide bonds. The molecule has 13 heavy (non-hydrogen) atoms. The zero-order chi connectivity index (χ0) is 9.68. The van der Waals surface area contributed by atoms with E-state index in [-0.39, 0.29) is 12.5 Å². The minimum absolute atomic E-state index is 0.0489. The van der Waals surface area contributed by atoms with Crippen LogP contribution in [0.1, 0.15) is 22.3 Å². The topological polar surface area (TPSA) is 49.3 Å². The lowest BCUT2D eigenvalue weighted by molar-refractivity contribution is 0.0951. The predicted octanol–water partition coefficient (Wildman–Crippen LogP) is 1.17. The van der Waals surface area contributed by atoms with E-state index in [4.69, 9.17) is 5.11 Å². The molecule has 72 valence electrons. The van der Waals surface area contributed by atoms with Crippen molar-refractivity contribution in [1.29, 1.82) is 0 Å². The molecule has 1 rings (SSSR count). The highest BCUT2D eigenvalue weighted by Gasteiger charge is 2.07. The summed E-state index contributed by atoms with van der Waals surface area (Å²) in [6.07, 6.45) is 0.606. The fraction of sp³-hybridized carbons (Fsp3) is 0.444. The van der Waals surface area contributed by atoms with Crippen LogP contribution in [0, 0.1) is 6.92 Å². The molecule has 1 aromatic heterocycles. The number of thiophene rings is 1. The largest absolute Gasteiger partial charge is 0.396 e. The summed E-state index contributed by atoms with van der Waals surface area (Å²) in [4.78, 5) is 11.4. The molecule has 0 aliphatic heterocycles. The molecule has 0 aliphatic carbocycles. The van der Waals surface area contributed by atoms with Crippen molar-refractivity contribution >= 4 is 17.2 Å². The van der Waals surface area contributed by atoms with Gasteiger partial charge in [0.15, 0.2) is 0 Å². The number of amides is 1. The van der Waals surface area contributed by atoms with Crippen LogP contribution in [0.3, 0.4) is 0 Å². The van der Waals surface area contributed by atoms with Crippen molar-refractivity contribution in [3.63, 3.8) is 0 Å². The quantitative estimate of drug-likeness (QED) is 0.715. The van der Waals surface area contributed by atoms with Crippen LogP contribution in [-0.2, 0) is 0 Å². The zero-order valence-electron chi connectivity index (χ0n) is 7.54. The Bertz CT molecular complexity index is 283. The Morgan fingerprint density at radius 2 is 2.38 bits per heavy atom. The van der Waals surface area contributed by atoms with Crippen LogP contribution in [0.2, 0.25) is 0 Å². The van der Waals surface area contributed by atoms with Crippen molar-refractivity contribution in [2.45, 2.75) is 13.3 Å². The van der Waals surface area contributed by atoms with E-state index >= 15 is 0 Å². The van der Waals surface area contributed by atoms with Gasteiger partial charge in [-0.2, -0.15) is 11.3 Å². The molecule has 0 aromatic carbocycles. The van der Waals surface area contributed by atoms with Gasteiger partial charge in [-0.25, -0.2) is 0 Å². The van der Waals surface area contributed by atoms with Crippen molar-refractivity contribution < 1.29 is 9.90 Å². The molecule has 1 heterocycles. The third kappa shape index (κ3) is 2.82. The third-order valence-corrected chi connectivity index (χ3v) is 2.58. The fourth-order valence-electron chi connectivity index (χ4n) is 0.969. The summed E-state index contributed by atoms with van der Waals surface area (Å²) in [5.41, 5.74) is 1.74. The van der Waals surface area contributed by atoms with E-state index in [0.717, 1.165) is 11.1 Å². The Morgan fingerprint density at radius 1 is 1.62 bits per heavy atom. The van der Waals surface area contributed by atoms with E-state index < -0.39 is 0 Å². The Labute approximate surface area is 81.4 Å². The van der Waals surface area contributed by atoms with Crippen LogP contribution >= 0.6 is 11.3 Å². The van der Waals surface area contributed by atoms with Crippen LogP contribution in [0.5, 0.6) is 0 Å². The number of nitrogens with one attached hydrogen (secondary N) is 1. The number of hydrogen-bond donors (Lipinski definition) is 2. The monoisotopic (exact) mass is 199 g/mol. The first kappa shape index (κ1) is 10.2. The van der Waals surface area contributed by atoms with Gasteiger partial charge in [-0.05, 0) is 24.3 Å². The summed E-state index contributed by atoms with van der Waals surface area (Å²) in [6.45, 7) is 2.56. The highest BCUT2D eigenvalue weighted by Crippen LogP contribution is 2.12. The van der Waals surface area contributed by atoms with Crippen molar-refractivity contribution in [1.82, 2.24) is 5.32 Å². The van der Waals surface area contributed by atoms with E-state index in [2.05, 4.69) is 5.32 Å². The second-order valence-corrected chi connectivity index (χ2v) is 3.55. The number of rotatable bonds is 4. The number of aliphatic hydroxyl groups excluding tert-OH is 1. The van der Waals surface area contributed by atoms with Gasteiger partial charge in [0.05, 0.1) is 5.56 Å². The molecule has 0 fully saturated rings. The Morgan fingerprint density at radius 3 is 2.92 bits per heavy atom. The average molecular weight is 199 g/mol. The maximum Gasteiger partial charge on any atom is 0.252 e. The molecule has 0 radical (unpaired) electrons. The van der Waals surface area contributed by atoms with Crippen LogP contribution in [-0.4, -0.2) is 24.2 Å². The van der Waals surface area contributed by atoms with E-state index in [9.17, 15) is 4.79 Å². The Hall–Kier alpha value is -0.870. The van der Waals surface area contributed by atoms with Gasteiger partial charge in [0.25, 0.3) is 5.91 Å². The van der Waals surface area contributed by atoms with Crippen molar-refractivity contribution in [2.75, 3.05) is 13.2 Å². The van der Waals surface area contributed by atoms with E-state index in [0.29, 0.717) is 13.0 Å². The maximum atomic E-state index is 11.4.